The fourth-order valence-corrected chi connectivity index (χ4v) is 7.67. The summed E-state index contributed by atoms with van der Waals surface area (Å²) in [7, 11) is 1.08. The van der Waals surface area contributed by atoms with Crippen LogP contribution in [0.1, 0.15) is 106 Å². The van der Waals surface area contributed by atoms with Gasteiger partial charge in [-0.2, -0.15) is 17.7 Å². The molecular weight excluding hydrogens is 684 g/mol. The molecule has 49 heavy (non-hydrogen) atoms. The molecule has 5 aromatic rings. The quantitative estimate of drug-likeness (QED) is 0.122. The van der Waals surface area contributed by atoms with Crippen molar-refractivity contribution >= 4 is 15.6 Å². The van der Waals surface area contributed by atoms with Crippen molar-refractivity contribution in [2.45, 2.75) is 97.6 Å². The molecule has 0 saturated heterocycles. The number of allylic oxidation sites excluding steroid dienone is 1. The molecule has 7 rings (SSSR count). The van der Waals surface area contributed by atoms with Gasteiger partial charge in [-0.25, -0.2) is 0 Å². The van der Waals surface area contributed by atoms with E-state index in [0.717, 1.165) is 28.8 Å². The predicted octanol–water partition coefficient (Wildman–Crippen LogP) is 13.1. The van der Waals surface area contributed by atoms with Crippen molar-refractivity contribution in [1.29, 1.82) is 0 Å². The third-order valence-corrected chi connectivity index (χ3v) is 9.94. The van der Waals surface area contributed by atoms with E-state index in [1.165, 1.54) is 72.3 Å². The molecule has 1 unspecified atom stereocenters. The maximum absolute atomic E-state index is 3.87. The minimum atomic E-state index is -0.0132. The van der Waals surface area contributed by atoms with Crippen molar-refractivity contribution in [3.63, 3.8) is 0 Å². The second-order valence-electron chi connectivity index (χ2n) is 15.7. The van der Waals surface area contributed by atoms with Gasteiger partial charge in [0.1, 0.15) is 0 Å². The van der Waals surface area contributed by atoms with Crippen LogP contribution in [0.25, 0.3) is 39.5 Å². The Labute approximate surface area is 318 Å². The van der Waals surface area contributed by atoms with E-state index >= 15 is 0 Å². The predicted molar refractivity (Wildman–Crippen MR) is 210 cm³/mol. The van der Waals surface area contributed by atoms with E-state index in [9.17, 15) is 0 Å². The molecule has 0 saturated carbocycles. The number of rotatable bonds is 5. The summed E-state index contributed by atoms with van der Waals surface area (Å²) >= 11 is 0. The van der Waals surface area contributed by atoms with Crippen LogP contribution in [-0.2, 0) is 43.5 Å². The second-order valence-corrected chi connectivity index (χ2v) is 16.7. The monoisotopic (exact) mass is 733 g/mol. The number of fused-ring (bicyclic) bond motifs is 4. The minimum absolute atomic E-state index is 0. The third kappa shape index (κ3) is 7.38. The maximum atomic E-state index is 3.87. The van der Waals surface area contributed by atoms with Crippen LogP contribution in [0.2, 0.25) is 13.1 Å². The Morgan fingerprint density at radius 2 is 1.37 bits per heavy atom. The molecule has 0 heterocycles. The Morgan fingerprint density at radius 3 is 2.00 bits per heavy atom. The summed E-state index contributed by atoms with van der Waals surface area (Å²) in [6, 6.07) is 40.2. The van der Waals surface area contributed by atoms with Crippen molar-refractivity contribution in [2.24, 2.45) is 0 Å². The molecule has 2 radical (unpaired) electrons. The fraction of sp³-hybridized carbons (Fsp3) is 0.319. The first-order valence-electron chi connectivity index (χ1n) is 17.8. The van der Waals surface area contributed by atoms with Crippen molar-refractivity contribution in [1.82, 2.24) is 0 Å². The van der Waals surface area contributed by atoms with E-state index in [1.54, 1.807) is 5.57 Å². The van der Waals surface area contributed by atoms with Crippen molar-refractivity contribution in [3.05, 3.63) is 148 Å². The zero-order valence-corrected chi connectivity index (χ0v) is 34.5. The van der Waals surface area contributed by atoms with Gasteiger partial charge in [-0.05, 0) is 74.1 Å². The number of hydrogen-bond donors (Lipinski definition) is 0. The van der Waals surface area contributed by atoms with E-state index in [-0.39, 0.29) is 43.0 Å². The van der Waals surface area contributed by atoms with E-state index in [4.69, 9.17) is 0 Å². The molecule has 2 aliphatic carbocycles. The summed E-state index contributed by atoms with van der Waals surface area (Å²) in [5.74, 6) is 0.250. The van der Waals surface area contributed by atoms with Gasteiger partial charge in [-0.1, -0.05) is 176 Å². The molecular formula is C47H51SiZr-. The molecule has 0 bridgehead atoms. The summed E-state index contributed by atoms with van der Waals surface area (Å²) in [6.45, 7) is 20.7. The zero-order valence-electron chi connectivity index (χ0n) is 31.0. The van der Waals surface area contributed by atoms with Gasteiger partial charge < -0.3 is 0 Å². The Hall–Kier alpha value is -3.06. The van der Waals surface area contributed by atoms with E-state index in [0.29, 0.717) is 0 Å². The van der Waals surface area contributed by atoms with Gasteiger partial charge in [-0.3, -0.25) is 0 Å². The number of benzene rings is 5. The van der Waals surface area contributed by atoms with E-state index in [1.807, 2.05) is 0 Å². The standard InChI is InChI=1S/C45H45.C2H6Si.Zr/c1-8-13-32-27-39-35(31-20-18-30(19-21-31)29-14-10-9-11-15-29)16-12-17-38(39)42(32)43-40-28-33-26-34(44(2,3)4)22-23-36(33)37(40)24-25-41(43)45(5,6)7;1-3-2;/h9-12,14-24,26-27,42H,8,13,28H2,1-7H3;1-2H3;/q-1;;. The summed E-state index contributed by atoms with van der Waals surface area (Å²) < 4.78 is 0. The first-order chi connectivity index (χ1) is 23.0. The normalized spacial score (nSPS) is 14.6. The van der Waals surface area contributed by atoms with Gasteiger partial charge in [0.2, 0.25) is 0 Å². The number of hydrogen-bond acceptors (Lipinski definition) is 0. The van der Waals surface area contributed by atoms with Gasteiger partial charge in [0.25, 0.3) is 0 Å². The Morgan fingerprint density at radius 1 is 0.714 bits per heavy atom. The molecule has 248 valence electrons. The van der Waals surface area contributed by atoms with Crippen LogP contribution in [0.15, 0.2) is 103 Å². The van der Waals surface area contributed by atoms with Crippen LogP contribution < -0.4 is 0 Å². The smallest absolute Gasteiger partial charge is 0.0307 e. The SMILES string of the molecule is CCCC1=Cc2c(-c3ccc(-c4ccccc4)cc3)cccc2C1c1c(C(C)(C)C)[c-]cc2c1Cc1cc(C(C)(C)C)ccc1-2.C[Si]C.[Zr]. The van der Waals surface area contributed by atoms with Gasteiger partial charge in [0.15, 0.2) is 0 Å². The molecule has 0 fully saturated rings. The molecule has 0 nitrogen and oxygen atoms in total. The molecule has 0 aliphatic heterocycles. The topological polar surface area (TPSA) is 0 Å². The van der Waals surface area contributed by atoms with Gasteiger partial charge >= 0.3 is 0 Å². The third-order valence-electron chi connectivity index (χ3n) is 9.94. The summed E-state index contributed by atoms with van der Waals surface area (Å²) in [4.78, 5) is 0. The molecule has 0 amide bonds. The molecule has 2 heteroatoms. The molecule has 5 aromatic carbocycles. The van der Waals surface area contributed by atoms with Crippen molar-refractivity contribution < 1.29 is 26.2 Å². The molecule has 0 N–H and O–H groups in total. The Kier molecular flexibility index (Phi) is 11.4. The van der Waals surface area contributed by atoms with E-state index < -0.39 is 0 Å². The zero-order chi connectivity index (χ0) is 34.2. The Bertz CT molecular complexity index is 1950. The van der Waals surface area contributed by atoms with Crippen LogP contribution in [0.5, 0.6) is 0 Å². The average Bonchev–Trinajstić information content (AvgIpc) is 3.62. The summed E-state index contributed by atoms with van der Waals surface area (Å²) in [5.41, 5.74) is 19.6. The molecule has 2 aliphatic rings. The largest absolute Gasteiger partial charge is 0.179 e. The van der Waals surface area contributed by atoms with Crippen molar-refractivity contribution in [2.75, 3.05) is 0 Å². The average molecular weight is 735 g/mol. The van der Waals surface area contributed by atoms with Crippen molar-refractivity contribution in [3.8, 4) is 33.4 Å². The van der Waals surface area contributed by atoms with Crippen LogP contribution in [-0.4, -0.2) is 9.52 Å². The van der Waals surface area contributed by atoms with E-state index in [2.05, 4.69) is 171 Å². The van der Waals surface area contributed by atoms with Crippen LogP contribution in [0.3, 0.4) is 0 Å². The van der Waals surface area contributed by atoms with Crippen LogP contribution in [0, 0.1) is 6.07 Å². The molecule has 0 spiro atoms. The maximum Gasteiger partial charge on any atom is 0.0307 e. The van der Waals surface area contributed by atoms with Crippen LogP contribution in [0.4, 0.5) is 0 Å². The first-order valence-corrected chi connectivity index (χ1v) is 19.8. The minimum Gasteiger partial charge on any atom is -0.179 e. The van der Waals surface area contributed by atoms with Gasteiger partial charge in [0, 0.05) is 35.7 Å². The van der Waals surface area contributed by atoms with Gasteiger partial charge in [-0.15, -0.1) is 16.7 Å². The van der Waals surface area contributed by atoms with Gasteiger partial charge in [0.05, 0.1) is 0 Å². The molecule has 0 aromatic heterocycles. The fourth-order valence-electron chi connectivity index (χ4n) is 7.67. The summed E-state index contributed by atoms with van der Waals surface area (Å²) in [6.07, 6.45) is 5.76. The Balaban J connectivity index is 0.00000113. The first kappa shape index (κ1) is 37.2. The van der Waals surface area contributed by atoms with Crippen LogP contribution >= 0.6 is 0 Å². The molecule has 1 atom stereocenters. The summed E-state index contributed by atoms with van der Waals surface area (Å²) in [5, 5.41) is 0. The second kappa shape index (κ2) is 15.0.